The highest BCUT2D eigenvalue weighted by Gasteiger charge is 2.16. The van der Waals surface area contributed by atoms with E-state index in [-0.39, 0.29) is 18.2 Å². The SMILES string of the molecule is CCCCOC(C)c1ccc(C(=O)Oc2ccccc2OC(CCC)CCCC)cc1. The van der Waals surface area contributed by atoms with Gasteiger partial charge in [-0.25, -0.2) is 4.79 Å². The molecule has 0 spiro atoms. The van der Waals surface area contributed by atoms with Gasteiger partial charge >= 0.3 is 5.97 Å². The monoisotopic (exact) mass is 426 g/mol. The first-order valence-electron chi connectivity index (χ1n) is 11.8. The van der Waals surface area contributed by atoms with Crippen molar-refractivity contribution in [1.29, 1.82) is 0 Å². The maximum absolute atomic E-state index is 12.7. The summed E-state index contributed by atoms with van der Waals surface area (Å²) in [6.07, 6.45) is 7.62. The van der Waals surface area contributed by atoms with E-state index in [4.69, 9.17) is 14.2 Å². The van der Waals surface area contributed by atoms with Crippen LogP contribution in [0.15, 0.2) is 48.5 Å². The van der Waals surface area contributed by atoms with Gasteiger partial charge < -0.3 is 14.2 Å². The van der Waals surface area contributed by atoms with Crippen LogP contribution in [0.1, 0.15) is 94.7 Å². The van der Waals surface area contributed by atoms with Crippen molar-refractivity contribution in [2.24, 2.45) is 0 Å². The molecular formula is C27H38O4. The summed E-state index contributed by atoms with van der Waals surface area (Å²) in [5.74, 6) is 0.702. The van der Waals surface area contributed by atoms with Crippen LogP contribution in [0.25, 0.3) is 0 Å². The number of carbonyl (C=O) groups is 1. The number of esters is 1. The molecule has 4 nitrogen and oxygen atoms in total. The van der Waals surface area contributed by atoms with Gasteiger partial charge in [-0.1, -0.05) is 70.7 Å². The fraction of sp³-hybridized carbons (Fsp3) is 0.519. The van der Waals surface area contributed by atoms with Crippen LogP contribution in [0.4, 0.5) is 0 Å². The number of hydrogen-bond acceptors (Lipinski definition) is 4. The van der Waals surface area contributed by atoms with Gasteiger partial charge in [-0.05, 0) is 56.0 Å². The van der Waals surface area contributed by atoms with E-state index in [2.05, 4.69) is 20.8 Å². The summed E-state index contributed by atoms with van der Waals surface area (Å²) in [6.45, 7) is 9.26. The molecule has 0 aliphatic heterocycles. The molecule has 0 aliphatic rings. The highest BCUT2D eigenvalue weighted by Crippen LogP contribution is 2.30. The summed E-state index contributed by atoms with van der Waals surface area (Å²) in [7, 11) is 0. The smallest absolute Gasteiger partial charge is 0.343 e. The second-order valence-corrected chi connectivity index (χ2v) is 8.00. The van der Waals surface area contributed by atoms with Gasteiger partial charge in [-0.3, -0.25) is 0 Å². The van der Waals surface area contributed by atoms with Crippen molar-refractivity contribution >= 4 is 5.97 Å². The van der Waals surface area contributed by atoms with E-state index in [0.717, 1.165) is 57.1 Å². The minimum Gasteiger partial charge on any atom is -0.487 e. The second kappa shape index (κ2) is 13.9. The third-order valence-electron chi connectivity index (χ3n) is 5.32. The van der Waals surface area contributed by atoms with E-state index < -0.39 is 0 Å². The van der Waals surface area contributed by atoms with Crippen molar-refractivity contribution in [2.45, 2.75) is 84.8 Å². The average molecular weight is 427 g/mol. The van der Waals surface area contributed by atoms with Crippen LogP contribution in [0.3, 0.4) is 0 Å². The highest BCUT2D eigenvalue weighted by atomic mass is 16.6. The lowest BCUT2D eigenvalue weighted by Gasteiger charge is -2.20. The molecule has 0 saturated carbocycles. The van der Waals surface area contributed by atoms with Crippen molar-refractivity contribution in [2.75, 3.05) is 6.61 Å². The summed E-state index contributed by atoms with van der Waals surface area (Å²) in [5.41, 5.74) is 1.56. The lowest BCUT2D eigenvalue weighted by molar-refractivity contribution is 0.0635. The molecule has 2 atom stereocenters. The normalized spacial score (nSPS) is 12.9. The predicted molar refractivity (Wildman–Crippen MR) is 126 cm³/mol. The molecule has 0 fully saturated rings. The quantitative estimate of drug-likeness (QED) is 0.178. The van der Waals surface area contributed by atoms with Crippen LogP contribution < -0.4 is 9.47 Å². The molecular weight excluding hydrogens is 388 g/mol. The van der Waals surface area contributed by atoms with Crippen molar-refractivity contribution in [3.05, 3.63) is 59.7 Å². The Kier molecular flexibility index (Phi) is 11.2. The van der Waals surface area contributed by atoms with Gasteiger partial charge in [0.25, 0.3) is 0 Å². The molecule has 0 N–H and O–H groups in total. The molecule has 0 radical (unpaired) electrons. The fourth-order valence-electron chi connectivity index (χ4n) is 3.38. The van der Waals surface area contributed by atoms with Gasteiger partial charge in [0.15, 0.2) is 11.5 Å². The van der Waals surface area contributed by atoms with E-state index in [1.807, 2.05) is 37.3 Å². The molecule has 2 aromatic rings. The predicted octanol–water partition coefficient (Wildman–Crippen LogP) is 7.52. The fourth-order valence-corrected chi connectivity index (χ4v) is 3.38. The number of rotatable bonds is 14. The number of unbranched alkanes of at least 4 members (excludes halogenated alkanes) is 2. The zero-order valence-corrected chi connectivity index (χ0v) is 19.6. The minimum atomic E-state index is -0.386. The molecule has 2 rings (SSSR count). The van der Waals surface area contributed by atoms with Crippen molar-refractivity contribution < 1.29 is 19.0 Å². The molecule has 0 heterocycles. The van der Waals surface area contributed by atoms with Gasteiger partial charge in [-0.15, -0.1) is 0 Å². The first-order valence-corrected chi connectivity index (χ1v) is 11.8. The number of ether oxygens (including phenoxy) is 3. The molecule has 4 heteroatoms. The molecule has 0 bridgehead atoms. The Hall–Kier alpha value is -2.33. The minimum absolute atomic E-state index is 0.00404. The average Bonchev–Trinajstić information content (AvgIpc) is 2.79. The Bertz CT molecular complexity index is 769. The van der Waals surface area contributed by atoms with Crippen LogP contribution in [0, 0.1) is 0 Å². The lowest BCUT2D eigenvalue weighted by atomic mass is 10.1. The molecule has 0 amide bonds. The van der Waals surface area contributed by atoms with Crippen LogP contribution in [0.5, 0.6) is 11.5 Å². The zero-order valence-electron chi connectivity index (χ0n) is 19.6. The van der Waals surface area contributed by atoms with Crippen molar-refractivity contribution in [3.63, 3.8) is 0 Å². The maximum Gasteiger partial charge on any atom is 0.343 e. The van der Waals surface area contributed by atoms with E-state index >= 15 is 0 Å². The Morgan fingerprint density at radius 2 is 1.52 bits per heavy atom. The van der Waals surface area contributed by atoms with Gasteiger partial charge in [-0.2, -0.15) is 0 Å². The van der Waals surface area contributed by atoms with Crippen LogP contribution in [-0.4, -0.2) is 18.7 Å². The second-order valence-electron chi connectivity index (χ2n) is 8.00. The number of carbonyl (C=O) groups excluding carboxylic acids is 1. The van der Waals surface area contributed by atoms with E-state index in [1.54, 1.807) is 18.2 Å². The lowest BCUT2D eigenvalue weighted by Crippen LogP contribution is -2.17. The number of hydrogen-bond donors (Lipinski definition) is 0. The van der Waals surface area contributed by atoms with Gasteiger partial charge in [0.2, 0.25) is 0 Å². The summed E-state index contributed by atoms with van der Waals surface area (Å²) < 4.78 is 17.8. The van der Waals surface area contributed by atoms with Crippen LogP contribution in [0.2, 0.25) is 0 Å². The summed E-state index contributed by atoms with van der Waals surface area (Å²) in [6, 6.07) is 14.9. The van der Waals surface area contributed by atoms with E-state index in [0.29, 0.717) is 17.1 Å². The molecule has 0 aromatic heterocycles. The van der Waals surface area contributed by atoms with E-state index in [9.17, 15) is 4.79 Å². The zero-order chi connectivity index (χ0) is 22.5. The Morgan fingerprint density at radius 3 is 2.16 bits per heavy atom. The first-order chi connectivity index (χ1) is 15.1. The van der Waals surface area contributed by atoms with Crippen LogP contribution in [-0.2, 0) is 4.74 Å². The van der Waals surface area contributed by atoms with Crippen LogP contribution >= 0.6 is 0 Å². The summed E-state index contributed by atoms with van der Waals surface area (Å²) in [5, 5.41) is 0. The number of benzene rings is 2. The Labute approximate surface area is 187 Å². The summed E-state index contributed by atoms with van der Waals surface area (Å²) >= 11 is 0. The molecule has 2 unspecified atom stereocenters. The van der Waals surface area contributed by atoms with Gasteiger partial charge in [0.05, 0.1) is 17.8 Å². The molecule has 0 saturated heterocycles. The number of para-hydroxylation sites is 2. The first kappa shape index (κ1) is 24.9. The van der Waals surface area contributed by atoms with Crippen molar-refractivity contribution in [3.8, 4) is 11.5 Å². The maximum atomic E-state index is 12.7. The molecule has 31 heavy (non-hydrogen) atoms. The largest absolute Gasteiger partial charge is 0.487 e. The van der Waals surface area contributed by atoms with Crippen molar-refractivity contribution in [1.82, 2.24) is 0 Å². The highest BCUT2D eigenvalue weighted by molar-refractivity contribution is 5.91. The Morgan fingerprint density at radius 1 is 0.839 bits per heavy atom. The molecule has 2 aromatic carbocycles. The van der Waals surface area contributed by atoms with Gasteiger partial charge in [0, 0.05) is 6.61 Å². The van der Waals surface area contributed by atoms with Gasteiger partial charge in [0.1, 0.15) is 0 Å². The molecule has 170 valence electrons. The molecule has 0 aliphatic carbocycles. The standard InChI is InChI=1S/C27H38O4/c1-5-8-13-24(12-7-3)30-25-14-10-11-15-26(25)31-27(28)23-18-16-22(17-19-23)21(4)29-20-9-6-2/h10-11,14-19,21,24H,5-9,12-13,20H2,1-4H3. The third-order valence-corrected chi connectivity index (χ3v) is 5.32. The van der Waals surface area contributed by atoms with E-state index in [1.165, 1.54) is 0 Å². The third kappa shape index (κ3) is 8.37. The topological polar surface area (TPSA) is 44.8 Å². The summed E-state index contributed by atoms with van der Waals surface area (Å²) in [4.78, 5) is 12.7. The Balaban J connectivity index is 2.03.